The van der Waals surface area contributed by atoms with Gasteiger partial charge in [-0.2, -0.15) is 0 Å². The molecule has 61 heavy (non-hydrogen) atoms. The maximum absolute atomic E-state index is 10.1. The minimum absolute atomic E-state index is 0.204. The number of thiazole rings is 1. The van der Waals surface area contributed by atoms with E-state index in [0.29, 0.717) is 0 Å². The number of pyridine rings is 1. The maximum atomic E-state index is 10.1. The van der Waals surface area contributed by atoms with Crippen LogP contribution in [0.25, 0.3) is 0 Å². The minimum Gasteiger partial charge on any atom is -0.452 e. The van der Waals surface area contributed by atoms with Crippen LogP contribution >= 0.6 is 11.3 Å². The minimum atomic E-state index is 0.204. The van der Waals surface area contributed by atoms with Crippen molar-refractivity contribution in [2.45, 2.75) is 181 Å². The van der Waals surface area contributed by atoms with Gasteiger partial charge in [-0.25, -0.2) is 4.98 Å². The Morgan fingerprint density at radius 1 is 0.443 bits per heavy atom. The van der Waals surface area contributed by atoms with Gasteiger partial charge in [0, 0.05) is 61.7 Å². The van der Waals surface area contributed by atoms with Gasteiger partial charge in [0.05, 0.1) is 11.7 Å². The first-order chi connectivity index (χ1) is 30.4. The Kier molecular flexibility index (Phi) is 116. The highest BCUT2D eigenvalue weighted by Crippen LogP contribution is 2.15. The molecule has 8 nitrogen and oxygen atoms in total. The van der Waals surface area contributed by atoms with Gasteiger partial charge in [0.2, 0.25) is 5.91 Å². The molecule has 9 heteroatoms. The molecule has 2 fully saturated rings. The smallest absolute Gasteiger partial charge is 0.220 e. The molecule has 1 aromatic carbocycles. The zero-order valence-corrected chi connectivity index (χ0v) is 43.0. The number of allylic oxidation sites excluding steroid dienone is 2. The van der Waals surface area contributed by atoms with E-state index in [1.54, 1.807) is 66.4 Å². The normalized spacial score (nSPS) is 10.6. The Labute approximate surface area is 383 Å². The van der Waals surface area contributed by atoms with Crippen LogP contribution in [0.5, 0.6) is 0 Å². The summed E-state index contributed by atoms with van der Waals surface area (Å²) >= 11 is 1.60. The third-order valence-electron chi connectivity index (χ3n) is 5.72. The van der Waals surface area contributed by atoms with Crippen LogP contribution in [0, 0.1) is 0 Å². The number of aromatic nitrogens is 5. The molecule has 1 aliphatic heterocycles. The zero-order valence-electron chi connectivity index (χ0n) is 42.2. The number of benzene rings is 1. The van der Waals surface area contributed by atoms with Crippen molar-refractivity contribution in [3.8, 4) is 0 Å². The fourth-order valence-electron chi connectivity index (χ4n) is 3.52. The predicted octanol–water partition coefficient (Wildman–Crippen LogP) is 17.2. The second-order valence-electron chi connectivity index (χ2n) is 9.40. The average Bonchev–Trinajstić information content (AvgIpc) is 4.29. The van der Waals surface area contributed by atoms with Gasteiger partial charge in [-0.15, -0.1) is 11.3 Å². The van der Waals surface area contributed by atoms with Crippen LogP contribution in [0.3, 0.4) is 0 Å². The first-order valence-corrected chi connectivity index (χ1v) is 24.4. The predicted molar refractivity (Wildman–Crippen MR) is 275 cm³/mol. The summed E-state index contributed by atoms with van der Waals surface area (Å²) in [5.41, 5.74) is 1.79. The van der Waals surface area contributed by atoms with E-state index in [1.165, 1.54) is 70.4 Å². The molecule has 0 spiro atoms. The molecule has 8 rings (SSSR count). The van der Waals surface area contributed by atoms with E-state index in [1.807, 2.05) is 171 Å². The molecule has 1 saturated heterocycles. The van der Waals surface area contributed by atoms with Crippen LogP contribution in [-0.4, -0.2) is 37.4 Å². The molecule has 5 aromatic rings. The fourth-order valence-corrected chi connectivity index (χ4v) is 3.87. The van der Waals surface area contributed by atoms with Crippen LogP contribution in [-0.2, 0) is 4.79 Å². The van der Waals surface area contributed by atoms with Gasteiger partial charge < -0.3 is 9.73 Å². The first-order valence-electron chi connectivity index (χ1n) is 23.5. The Balaban J connectivity index is -0.0000000838. The van der Waals surface area contributed by atoms with Gasteiger partial charge in [-0.1, -0.05) is 204 Å². The summed E-state index contributed by atoms with van der Waals surface area (Å²) in [5.74, 6) is 0.204. The molecule has 4 aromatic heterocycles. The lowest BCUT2D eigenvalue weighted by Gasteiger charge is -2.05. The van der Waals surface area contributed by atoms with Gasteiger partial charge in [-0.3, -0.25) is 24.7 Å². The number of carbonyl (C=O) groups excluding carboxylic acids is 1. The summed E-state index contributed by atoms with van der Waals surface area (Å²) in [6.45, 7) is 32.9. The zero-order chi connectivity index (χ0) is 48.0. The second kappa shape index (κ2) is 95.7. The van der Waals surface area contributed by atoms with E-state index < -0.39 is 0 Å². The molecule has 2 aliphatic carbocycles. The van der Waals surface area contributed by atoms with E-state index in [2.05, 4.69) is 46.8 Å². The molecular formula is C52H96N6O2S. The van der Waals surface area contributed by atoms with E-state index in [9.17, 15) is 4.79 Å². The fraction of sp³-hybridized carbons (Fsp3) is 0.538. The Morgan fingerprint density at radius 2 is 0.836 bits per heavy atom. The molecule has 0 bridgehead atoms. The monoisotopic (exact) mass is 869 g/mol. The summed E-state index contributed by atoms with van der Waals surface area (Å²) < 4.78 is 4.47. The summed E-state index contributed by atoms with van der Waals surface area (Å²) in [4.78, 5) is 28.7. The van der Waals surface area contributed by atoms with Crippen molar-refractivity contribution >= 4 is 17.2 Å². The molecule has 0 atom stereocenters. The summed E-state index contributed by atoms with van der Waals surface area (Å²) in [6, 6.07) is 17.7. The third-order valence-corrected chi connectivity index (χ3v) is 6.24. The standard InChI is InChI=1S/C6H12.C6H6.C5H5N.C5H8.C4H4N2.C4H7NO.C3H3NO.C3H3NS.8C2H6/c3*1-2-4-6-5-3-1;1-2-4-5-3-1;1-2-6-4-3-5-1;6-4-2-1-3-5-4;2*1-2-5-3-4-1;8*1-2/h1-6H2;1-6H;1-5H;1-2H,3-5H2;1-4H;1-3H2,(H,5,6);2*1-3H;8*1-2H3. The average molecular weight is 869 g/mol. The highest BCUT2D eigenvalue weighted by Gasteiger charge is 2.05. The van der Waals surface area contributed by atoms with Gasteiger partial charge in [0.1, 0.15) is 6.26 Å². The quantitative estimate of drug-likeness (QED) is 0.154. The number of hydrogen-bond donors (Lipinski definition) is 1. The number of nitrogens with one attached hydrogen (secondary N) is 1. The summed E-state index contributed by atoms with van der Waals surface area (Å²) in [6.07, 6.45) is 35.6. The SMILES string of the molecule is C1=CCCC1.C1CCCCC1.CC.CC.CC.CC.CC.CC.CC.CC.O=C1CCCN1.c1ccccc1.c1ccncc1.c1cnccn1.c1cocn1.c1cscn1. The van der Waals surface area contributed by atoms with Crippen molar-refractivity contribution in [2.75, 3.05) is 6.54 Å². The molecule has 1 saturated carbocycles. The van der Waals surface area contributed by atoms with Crippen LogP contribution in [0.4, 0.5) is 0 Å². The molecular weight excluding hydrogens is 773 g/mol. The van der Waals surface area contributed by atoms with E-state index in [4.69, 9.17) is 0 Å². The number of hydrogen-bond acceptors (Lipinski definition) is 8. The molecule has 5 heterocycles. The Hall–Kier alpha value is -4.50. The lowest BCUT2D eigenvalue weighted by Crippen LogP contribution is -2.12. The largest absolute Gasteiger partial charge is 0.452 e. The molecule has 1 N–H and O–H groups in total. The van der Waals surface area contributed by atoms with Crippen LogP contribution < -0.4 is 5.32 Å². The number of amides is 1. The molecule has 0 radical (unpaired) electrons. The molecule has 3 aliphatic rings. The van der Waals surface area contributed by atoms with Crippen molar-refractivity contribution in [2.24, 2.45) is 0 Å². The first kappa shape index (κ1) is 74.0. The van der Waals surface area contributed by atoms with Crippen molar-refractivity contribution < 1.29 is 9.21 Å². The molecule has 1 amide bonds. The summed E-state index contributed by atoms with van der Waals surface area (Å²) in [5, 5.41) is 4.61. The van der Waals surface area contributed by atoms with Crippen LogP contribution in [0.2, 0.25) is 0 Å². The van der Waals surface area contributed by atoms with Crippen molar-refractivity contribution in [3.63, 3.8) is 0 Å². The van der Waals surface area contributed by atoms with E-state index >= 15 is 0 Å². The summed E-state index contributed by atoms with van der Waals surface area (Å²) in [7, 11) is 0. The number of oxazole rings is 1. The lowest BCUT2D eigenvalue weighted by molar-refractivity contribution is -0.119. The number of rotatable bonds is 0. The van der Waals surface area contributed by atoms with Crippen molar-refractivity contribution in [1.29, 1.82) is 0 Å². The van der Waals surface area contributed by atoms with Gasteiger partial charge in [0.25, 0.3) is 0 Å². The Morgan fingerprint density at radius 3 is 0.967 bits per heavy atom. The molecule has 0 unspecified atom stereocenters. The number of carbonyl (C=O) groups is 1. The van der Waals surface area contributed by atoms with Crippen LogP contribution in [0.1, 0.15) is 181 Å². The van der Waals surface area contributed by atoms with Crippen LogP contribution in [0.15, 0.2) is 144 Å². The second-order valence-corrected chi connectivity index (χ2v) is 10.2. The van der Waals surface area contributed by atoms with E-state index in [-0.39, 0.29) is 5.91 Å². The van der Waals surface area contributed by atoms with Gasteiger partial charge >= 0.3 is 0 Å². The van der Waals surface area contributed by atoms with Crippen molar-refractivity contribution in [1.82, 2.24) is 30.2 Å². The van der Waals surface area contributed by atoms with Gasteiger partial charge in [-0.05, 0) is 37.8 Å². The Bertz CT molecular complexity index is 956. The third kappa shape index (κ3) is 92.2. The van der Waals surface area contributed by atoms with Gasteiger partial charge in [0.15, 0.2) is 6.39 Å². The maximum Gasteiger partial charge on any atom is 0.220 e. The van der Waals surface area contributed by atoms with E-state index in [0.717, 1.165) is 19.4 Å². The van der Waals surface area contributed by atoms with Crippen molar-refractivity contribution in [3.05, 3.63) is 140 Å². The highest BCUT2D eigenvalue weighted by atomic mass is 32.1. The lowest BCUT2D eigenvalue weighted by atomic mass is 10.0. The molecule has 352 valence electrons. The highest BCUT2D eigenvalue weighted by molar-refractivity contribution is 7.07. The number of nitrogens with zero attached hydrogens (tertiary/aromatic N) is 5. The topological polar surface area (TPSA) is 107 Å².